The van der Waals surface area contributed by atoms with Gasteiger partial charge in [-0.2, -0.15) is 20.5 Å². The first-order chi connectivity index (χ1) is 31.5. The molecule has 0 aromatic heterocycles. The third-order valence-corrected chi connectivity index (χ3v) is 11.0. The van der Waals surface area contributed by atoms with Crippen molar-refractivity contribution in [1.82, 2.24) is 0 Å². The van der Waals surface area contributed by atoms with Gasteiger partial charge in [-0.25, -0.2) is 0 Å². The molecule has 0 spiro atoms. The second-order valence-corrected chi connectivity index (χ2v) is 16.2. The number of nitrogens with one attached hydrogen (secondary N) is 4. The molecule has 6 rings (SSSR count). The predicted molar refractivity (Wildman–Crippen MR) is 258 cm³/mol. The Morgan fingerprint density at radius 3 is 1.15 bits per heavy atom. The Hall–Kier alpha value is -7.68. The molecule has 4 N–H and O–H groups in total. The SMILES string of the molecule is CC(=O)C(N=Nc1cc(C(=O)Nc2ccccc2C)ccc1Cl)C(=O)Nc1ccc(-c2ccc(NC(=O)C(N=Nc3cc(C(=O)Nc4ccccc4C)ccc3Cl)C(C)=O)c(C)c2)cc1C. The van der Waals surface area contributed by atoms with Crippen molar-refractivity contribution in [3.05, 3.63) is 165 Å². The monoisotopic (exact) mass is 922 g/mol. The number of hydrogen-bond acceptors (Lipinski definition) is 10. The zero-order valence-corrected chi connectivity index (χ0v) is 38.2. The van der Waals surface area contributed by atoms with Crippen LogP contribution in [0.2, 0.25) is 10.0 Å². The molecular formula is C50H44Cl2N8O6. The zero-order valence-electron chi connectivity index (χ0n) is 36.7. The maximum atomic E-state index is 13.4. The highest BCUT2D eigenvalue weighted by Crippen LogP contribution is 2.31. The number of hydrogen-bond donors (Lipinski definition) is 4. The first kappa shape index (κ1) is 47.8. The lowest BCUT2D eigenvalue weighted by molar-refractivity contribution is -0.127. The van der Waals surface area contributed by atoms with Crippen molar-refractivity contribution in [2.24, 2.45) is 20.5 Å². The van der Waals surface area contributed by atoms with Crippen molar-refractivity contribution in [2.45, 2.75) is 53.6 Å². The minimum absolute atomic E-state index is 0.101. The normalized spacial score (nSPS) is 12.1. The number of halogens is 2. The van der Waals surface area contributed by atoms with Crippen molar-refractivity contribution in [3.63, 3.8) is 0 Å². The molecule has 4 amide bonds. The Kier molecular flexibility index (Phi) is 15.4. The third kappa shape index (κ3) is 11.9. The van der Waals surface area contributed by atoms with Crippen LogP contribution in [0.4, 0.5) is 34.1 Å². The van der Waals surface area contributed by atoms with E-state index in [9.17, 15) is 28.8 Å². The number of ketones is 2. The summed E-state index contributed by atoms with van der Waals surface area (Å²) in [5.41, 5.74) is 7.54. The van der Waals surface area contributed by atoms with Gasteiger partial charge in [0.25, 0.3) is 23.6 Å². The lowest BCUT2D eigenvalue weighted by Gasteiger charge is -2.15. The summed E-state index contributed by atoms with van der Waals surface area (Å²) in [6.07, 6.45) is 0. The highest BCUT2D eigenvalue weighted by atomic mass is 35.5. The van der Waals surface area contributed by atoms with E-state index in [0.717, 1.165) is 22.3 Å². The number of rotatable bonds is 15. The maximum Gasteiger partial charge on any atom is 0.258 e. The van der Waals surface area contributed by atoms with E-state index in [4.69, 9.17) is 23.2 Å². The Labute approximate surface area is 390 Å². The smallest absolute Gasteiger partial charge is 0.258 e. The van der Waals surface area contributed by atoms with Crippen LogP contribution >= 0.6 is 23.2 Å². The molecule has 334 valence electrons. The number of carbonyl (C=O) groups excluding carboxylic acids is 6. The van der Waals surface area contributed by atoms with Gasteiger partial charge in [0, 0.05) is 33.9 Å². The fraction of sp³-hybridized carbons (Fsp3) is 0.160. The molecule has 0 aliphatic heterocycles. The van der Waals surface area contributed by atoms with Crippen LogP contribution in [0.25, 0.3) is 11.1 Å². The Bertz CT molecular complexity index is 2770. The van der Waals surface area contributed by atoms with Gasteiger partial charge in [-0.3, -0.25) is 28.8 Å². The van der Waals surface area contributed by atoms with E-state index in [1.165, 1.54) is 50.2 Å². The van der Waals surface area contributed by atoms with E-state index in [2.05, 4.69) is 41.7 Å². The zero-order chi connectivity index (χ0) is 47.7. The van der Waals surface area contributed by atoms with Crippen LogP contribution in [0.3, 0.4) is 0 Å². The van der Waals surface area contributed by atoms with Gasteiger partial charge in [-0.15, -0.1) is 0 Å². The van der Waals surface area contributed by atoms with Crippen LogP contribution in [0.1, 0.15) is 56.8 Å². The summed E-state index contributed by atoms with van der Waals surface area (Å²) in [5.74, 6) is -3.37. The van der Waals surface area contributed by atoms with Gasteiger partial charge >= 0.3 is 0 Å². The van der Waals surface area contributed by atoms with Crippen molar-refractivity contribution in [3.8, 4) is 11.1 Å². The van der Waals surface area contributed by atoms with Crippen molar-refractivity contribution in [1.29, 1.82) is 0 Å². The van der Waals surface area contributed by atoms with Crippen LogP contribution in [0, 0.1) is 27.7 Å². The second-order valence-electron chi connectivity index (χ2n) is 15.4. The van der Waals surface area contributed by atoms with Gasteiger partial charge in [0.15, 0.2) is 11.6 Å². The molecule has 0 saturated carbocycles. The molecule has 2 atom stereocenters. The van der Waals surface area contributed by atoms with Crippen LogP contribution in [-0.2, 0) is 19.2 Å². The minimum Gasteiger partial charge on any atom is -0.324 e. The summed E-state index contributed by atoms with van der Waals surface area (Å²) in [5, 5.41) is 27.8. The van der Waals surface area contributed by atoms with Gasteiger partial charge in [0.2, 0.25) is 12.1 Å². The third-order valence-electron chi connectivity index (χ3n) is 10.3. The van der Waals surface area contributed by atoms with Gasteiger partial charge in [-0.05, 0) is 148 Å². The molecule has 2 unspecified atom stereocenters. The van der Waals surface area contributed by atoms with E-state index in [1.807, 2.05) is 62.4 Å². The number of nitrogens with zero attached hydrogens (tertiary/aromatic N) is 4. The summed E-state index contributed by atoms with van der Waals surface area (Å²) in [6, 6.07) is 31.1. The molecular weight excluding hydrogens is 880 g/mol. The number of para-hydroxylation sites is 2. The van der Waals surface area contributed by atoms with Crippen molar-refractivity contribution in [2.75, 3.05) is 21.3 Å². The Morgan fingerprint density at radius 2 is 0.803 bits per heavy atom. The predicted octanol–water partition coefficient (Wildman–Crippen LogP) is 11.8. The molecule has 66 heavy (non-hydrogen) atoms. The number of amides is 4. The molecule has 0 fully saturated rings. The lowest BCUT2D eigenvalue weighted by atomic mass is 9.99. The summed E-state index contributed by atoms with van der Waals surface area (Å²) in [4.78, 5) is 78.0. The summed E-state index contributed by atoms with van der Waals surface area (Å²) < 4.78 is 0. The topological polar surface area (TPSA) is 200 Å². The number of azo groups is 2. The first-order valence-electron chi connectivity index (χ1n) is 20.5. The number of anilines is 4. The quantitative estimate of drug-likeness (QED) is 0.0583. The fourth-order valence-corrected chi connectivity index (χ4v) is 6.83. The summed E-state index contributed by atoms with van der Waals surface area (Å²) in [6.45, 7) is 9.76. The molecule has 6 aromatic carbocycles. The Morgan fingerprint density at radius 1 is 0.439 bits per heavy atom. The lowest BCUT2D eigenvalue weighted by Crippen LogP contribution is -2.32. The van der Waals surface area contributed by atoms with E-state index in [-0.39, 0.29) is 32.5 Å². The molecule has 0 radical (unpaired) electrons. The van der Waals surface area contributed by atoms with Crippen LogP contribution in [0.15, 0.2) is 142 Å². The molecule has 0 aliphatic carbocycles. The summed E-state index contributed by atoms with van der Waals surface area (Å²) >= 11 is 12.7. The minimum atomic E-state index is -1.51. The van der Waals surface area contributed by atoms with Crippen molar-refractivity contribution < 1.29 is 28.8 Å². The molecule has 16 heteroatoms. The average molecular weight is 924 g/mol. The molecule has 6 aromatic rings. The average Bonchev–Trinajstić information content (AvgIpc) is 3.27. The molecule has 0 bridgehead atoms. The van der Waals surface area contributed by atoms with E-state index >= 15 is 0 Å². The fourth-order valence-electron chi connectivity index (χ4n) is 6.52. The highest BCUT2D eigenvalue weighted by Gasteiger charge is 2.26. The number of benzene rings is 6. The molecule has 0 aliphatic rings. The second kappa shape index (κ2) is 21.3. The standard InChI is InChI=1S/C50H44Cl2N8O6/c1-27-11-7-9-13-39(27)53-47(63)35-15-19-37(51)43(25-35)57-59-45(31(5)61)49(65)55-41-21-17-33(23-29(41)3)34-18-22-42(30(4)24-34)56-50(66)46(32(6)62)60-58-44-26-36(16-20-38(44)52)48(64)54-40-14-10-8-12-28(40)2/h7-26,45-46H,1-6H3,(H,53,63)(H,54,64)(H,55,65)(H,56,66). The van der Waals surface area contributed by atoms with E-state index in [0.29, 0.717) is 33.9 Å². The van der Waals surface area contributed by atoms with Gasteiger partial charge in [-0.1, -0.05) is 71.7 Å². The van der Waals surface area contributed by atoms with E-state index in [1.54, 1.807) is 50.2 Å². The van der Waals surface area contributed by atoms with Crippen LogP contribution in [0.5, 0.6) is 0 Å². The largest absolute Gasteiger partial charge is 0.324 e. The van der Waals surface area contributed by atoms with Gasteiger partial charge < -0.3 is 21.3 Å². The molecule has 14 nitrogen and oxygen atoms in total. The Balaban J connectivity index is 1.10. The first-order valence-corrected chi connectivity index (χ1v) is 21.2. The van der Waals surface area contributed by atoms with Gasteiger partial charge in [0.1, 0.15) is 11.4 Å². The van der Waals surface area contributed by atoms with Gasteiger partial charge in [0.05, 0.1) is 10.0 Å². The summed E-state index contributed by atoms with van der Waals surface area (Å²) in [7, 11) is 0. The van der Waals surface area contributed by atoms with Crippen LogP contribution in [-0.4, -0.2) is 47.3 Å². The number of aryl methyl sites for hydroxylation is 4. The molecule has 0 saturated heterocycles. The maximum absolute atomic E-state index is 13.4. The van der Waals surface area contributed by atoms with Crippen molar-refractivity contribution >= 4 is 92.5 Å². The number of Topliss-reactive ketones (excluding diaryl/α,β-unsaturated/α-hetero) is 2. The number of carbonyl (C=O) groups is 6. The highest BCUT2D eigenvalue weighted by molar-refractivity contribution is 6.33. The van der Waals surface area contributed by atoms with E-state index < -0.39 is 47.3 Å². The van der Waals surface area contributed by atoms with Crippen LogP contribution < -0.4 is 21.3 Å². The molecule has 0 heterocycles.